The SMILES string of the molecule is CC(C)CCCCCCCCCCOC(=O)OC1CCC(OC(=O)OCCC(C)C)CC1. The normalized spacial score (nSPS) is 18.6. The highest BCUT2D eigenvalue weighted by Crippen LogP contribution is 2.24. The second-order valence-electron chi connectivity index (χ2n) is 10.0. The predicted octanol–water partition coefficient (Wildman–Crippen LogP) is 7.82. The van der Waals surface area contributed by atoms with Gasteiger partial charge in [-0.05, 0) is 50.4 Å². The van der Waals surface area contributed by atoms with Crippen molar-refractivity contribution in [3.05, 3.63) is 0 Å². The lowest BCUT2D eigenvalue weighted by molar-refractivity contribution is -0.0274. The van der Waals surface area contributed by atoms with E-state index in [1.165, 1.54) is 44.9 Å². The summed E-state index contributed by atoms with van der Waals surface area (Å²) in [6.45, 7) is 9.55. The predicted molar refractivity (Wildman–Crippen MR) is 127 cm³/mol. The second kappa shape index (κ2) is 18.0. The van der Waals surface area contributed by atoms with Gasteiger partial charge in [0.15, 0.2) is 0 Å². The van der Waals surface area contributed by atoms with E-state index in [4.69, 9.17) is 18.9 Å². The van der Waals surface area contributed by atoms with Crippen LogP contribution >= 0.6 is 0 Å². The molecule has 0 amide bonds. The van der Waals surface area contributed by atoms with Gasteiger partial charge < -0.3 is 18.9 Å². The Labute approximate surface area is 196 Å². The summed E-state index contributed by atoms with van der Waals surface area (Å²) in [6, 6.07) is 0. The van der Waals surface area contributed by atoms with E-state index >= 15 is 0 Å². The Kier molecular flexibility index (Phi) is 16.1. The van der Waals surface area contributed by atoms with Gasteiger partial charge in [-0.1, -0.05) is 79.1 Å². The molecule has 0 unspecified atom stereocenters. The molecule has 0 heterocycles. The van der Waals surface area contributed by atoms with Crippen LogP contribution in [0.5, 0.6) is 0 Å². The van der Waals surface area contributed by atoms with Gasteiger partial charge in [-0.3, -0.25) is 0 Å². The van der Waals surface area contributed by atoms with Crippen molar-refractivity contribution in [1.82, 2.24) is 0 Å². The summed E-state index contributed by atoms with van der Waals surface area (Å²) in [6.07, 6.45) is 13.2. The van der Waals surface area contributed by atoms with Crippen LogP contribution < -0.4 is 0 Å². The molecule has 6 nitrogen and oxygen atoms in total. The molecule has 6 heteroatoms. The highest BCUT2D eigenvalue weighted by molar-refractivity contribution is 5.60. The van der Waals surface area contributed by atoms with Gasteiger partial charge in [0.1, 0.15) is 12.2 Å². The summed E-state index contributed by atoms with van der Waals surface area (Å²) in [4.78, 5) is 23.6. The zero-order valence-electron chi connectivity index (χ0n) is 21.1. The maximum Gasteiger partial charge on any atom is 0.508 e. The Morgan fingerprint density at radius 2 is 1.00 bits per heavy atom. The van der Waals surface area contributed by atoms with Crippen molar-refractivity contribution in [2.45, 2.75) is 130 Å². The Morgan fingerprint density at radius 3 is 1.47 bits per heavy atom. The first-order chi connectivity index (χ1) is 15.4. The average Bonchev–Trinajstić information content (AvgIpc) is 2.73. The van der Waals surface area contributed by atoms with Gasteiger partial charge in [0.2, 0.25) is 0 Å². The van der Waals surface area contributed by atoms with Crippen LogP contribution in [0.1, 0.15) is 118 Å². The lowest BCUT2D eigenvalue weighted by Crippen LogP contribution is -2.30. The minimum Gasteiger partial charge on any atom is -0.434 e. The summed E-state index contributed by atoms with van der Waals surface area (Å²) >= 11 is 0. The van der Waals surface area contributed by atoms with Crippen molar-refractivity contribution in [2.24, 2.45) is 11.8 Å². The first kappa shape index (κ1) is 28.6. The minimum atomic E-state index is -0.597. The lowest BCUT2D eigenvalue weighted by atomic mass is 9.95. The van der Waals surface area contributed by atoms with E-state index in [9.17, 15) is 9.59 Å². The molecule has 0 atom stereocenters. The number of carbonyl (C=O) groups is 2. The Morgan fingerprint density at radius 1 is 0.594 bits per heavy atom. The quantitative estimate of drug-likeness (QED) is 0.174. The van der Waals surface area contributed by atoms with Crippen molar-refractivity contribution >= 4 is 12.3 Å². The zero-order valence-corrected chi connectivity index (χ0v) is 21.1. The summed E-state index contributed by atoms with van der Waals surface area (Å²) in [7, 11) is 0. The van der Waals surface area contributed by atoms with Crippen molar-refractivity contribution in [3.8, 4) is 0 Å². The van der Waals surface area contributed by atoms with Gasteiger partial charge >= 0.3 is 12.3 Å². The average molecular weight is 457 g/mol. The maximum absolute atomic E-state index is 11.9. The number of ether oxygens (including phenoxy) is 4. The van der Waals surface area contributed by atoms with Crippen LogP contribution in [0.2, 0.25) is 0 Å². The molecule has 0 radical (unpaired) electrons. The first-order valence-corrected chi connectivity index (χ1v) is 13.0. The van der Waals surface area contributed by atoms with Gasteiger partial charge in [-0.25, -0.2) is 9.59 Å². The van der Waals surface area contributed by atoms with Crippen molar-refractivity contribution in [3.63, 3.8) is 0 Å². The van der Waals surface area contributed by atoms with Crippen molar-refractivity contribution in [2.75, 3.05) is 13.2 Å². The first-order valence-electron chi connectivity index (χ1n) is 13.0. The highest BCUT2D eigenvalue weighted by Gasteiger charge is 2.27. The molecule has 1 aliphatic carbocycles. The monoisotopic (exact) mass is 456 g/mol. The van der Waals surface area contributed by atoms with Gasteiger partial charge in [-0.2, -0.15) is 0 Å². The zero-order chi connectivity index (χ0) is 23.6. The third-order valence-corrected chi connectivity index (χ3v) is 5.96. The standard InChI is InChI=1S/C26H48O6/c1-21(2)13-11-9-7-5-6-8-10-12-19-29-25(27)31-23-14-16-24(17-15-23)32-26(28)30-20-18-22(3)4/h21-24H,5-20H2,1-4H3. The van der Waals surface area contributed by atoms with E-state index in [-0.39, 0.29) is 12.2 Å². The third kappa shape index (κ3) is 16.2. The van der Waals surface area contributed by atoms with Gasteiger partial charge in [0, 0.05) is 0 Å². The van der Waals surface area contributed by atoms with E-state index in [0.29, 0.717) is 44.8 Å². The molecule has 0 spiro atoms. The maximum atomic E-state index is 11.9. The fraction of sp³-hybridized carbons (Fsp3) is 0.923. The smallest absolute Gasteiger partial charge is 0.434 e. The van der Waals surface area contributed by atoms with Crippen LogP contribution in [-0.2, 0) is 18.9 Å². The highest BCUT2D eigenvalue weighted by atomic mass is 16.7. The molecule has 1 rings (SSSR count). The number of rotatable bonds is 16. The molecule has 0 bridgehead atoms. The molecule has 1 fully saturated rings. The van der Waals surface area contributed by atoms with Gasteiger partial charge in [-0.15, -0.1) is 0 Å². The van der Waals surface area contributed by atoms with Crippen molar-refractivity contribution in [1.29, 1.82) is 0 Å². The molecule has 0 aromatic heterocycles. The number of hydrogen-bond acceptors (Lipinski definition) is 6. The summed E-state index contributed by atoms with van der Waals surface area (Å²) < 4.78 is 21.0. The number of unbranched alkanes of at least 4 members (excludes halogenated alkanes) is 7. The molecular formula is C26H48O6. The van der Waals surface area contributed by atoms with E-state index < -0.39 is 12.3 Å². The molecule has 1 saturated carbocycles. The minimum absolute atomic E-state index is 0.157. The molecule has 0 aromatic carbocycles. The van der Waals surface area contributed by atoms with Crippen LogP contribution in [-0.4, -0.2) is 37.7 Å². The van der Waals surface area contributed by atoms with Gasteiger partial charge in [0.25, 0.3) is 0 Å². The van der Waals surface area contributed by atoms with Crippen LogP contribution in [0.15, 0.2) is 0 Å². The van der Waals surface area contributed by atoms with Crippen molar-refractivity contribution < 1.29 is 28.5 Å². The fourth-order valence-electron chi connectivity index (χ4n) is 3.86. The van der Waals surface area contributed by atoms with E-state index in [1.807, 2.05) is 0 Å². The lowest BCUT2D eigenvalue weighted by Gasteiger charge is -2.27. The summed E-state index contributed by atoms with van der Waals surface area (Å²) in [5.74, 6) is 1.31. The second-order valence-corrected chi connectivity index (χ2v) is 10.0. The van der Waals surface area contributed by atoms with Crippen LogP contribution in [0.4, 0.5) is 9.59 Å². The molecule has 1 aliphatic rings. The molecule has 32 heavy (non-hydrogen) atoms. The topological polar surface area (TPSA) is 71.1 Å². The summed E-state index contributed by atoms with van der Waals surface area (Å²) in [5, 5.41) is 0. The van der Waals surface area contributed by atoms with Crippen LogP contribution in [0.3, 0.4) is 0 Å². The molecule has 0 aliphatic heterocycles. The Hall–Kier alpha value is -1.46. The molecule has 188 valence electrons. The Balaban J connectivity index is 1.94. The van der Waals surface area contributed by atoms with E-state index in [1.54, 1.807) is 0 Å². The summed E-state index contributed by atoms with van der Waals surface area (Å²) in [5.41, 5.74) is 0. The van der Waals surface area contributed by atoms with E-state index in [2.05, 4.69) is 27.7 Å². The molecule has 0 aromatic rings. The molecule has 0 N–H and O–H groups in total. The Bertz CT molecular complexity index is 483. The van der Waals surface area contributed by atoms with Gasteiger partial charge in [0.05, 0.1) is 13.2 Å². The number of carbonyl (C=O) groups excluding carboxylic acids is 2. The van der Waals surface area contributed by atoms with Crippen LogP contribution in [0, 0.1) is 11.8 Å². The molecular weight excluding hydrogens is 408 g/mol. The molecule has 0 saturated heterocycles. The largest absolute Gasteiger partial charge is 0.508 e. The third-order valence-electron chi connectivity index (χ3n) is 5.96. The van der Waals surface area contributed by atoms with E-state index in [0.717, 1.165) is 25.2 Å². The number of hydrogen-bond donors (Lipinski definition) is 0. The van der Waals surface area contributed by atoms with Crippen LogP contribution in [0.25, 0.3) is 0 Å². The fourth-order valence-corrected chi connectivity index (χ4v) is 3.86.